The summed E-state index contributed by atoms with van der Waals surface area (Å²) in [5, 5.41) is 39.1. The molecule has 31 heavy (non-hydrogen) atoms. The van der Waals surface area contributed by atoms with E-state index in [0.29, 0.717) is 25.7 Å². The summed E-state index contributed by atoms with van der Waals surface area (Å²) in [4.78, 5) is 23.1. The smallest absolute Gasteiger partial charge is 0.316 e. The zero-order valence-corrected chi connectivity index (χ0v) is 18.1. The molecule has 0 amide bonds. The van der Waals surface area contributed by atoms with E-state index in [9.17, 15) is 24.9 Å². The topological polar surface area (TPSA) is 124 Å². The number of rotatable bonds is 10. The molecule has 0 heterocycles. The second-order valence-corrected chi connectivity index (χ2v) is 8.88. The second-order valence-electron chi connectivity index (χ2n) is 8.88. The van der Waals surface area contributed by atoms with Gasteiger partial charge in [0.2, 0.25) is 0 Å². The Morgan fingerprint density at radius 1 is 1.26 bits per heavy atom. The van der Waals surface area contributed by atoms with Crippen LogP contribution in [0.25, 0.3) is 0 Å². The van der Waals surface area contributed by atoms with Gasteiger partial charge in [-0.05, 0) is 43.1 Å². The first-order valence-electron chi connectivity index (χ1n) is 11.0. The van der Waals surface area contributed by atoms with Gasteiger partial charge in [-0.15, -0.1) is 0 Å². The minimum absolute atomic E-state index is 0. The molecule has 0 fully saturated rings. The van der Waals surface area contributed by atoms with Crippen molar-refractivity contribution in [2.24, 2.45) is 23.7 Å². The van der Waals surface area contributed by atoms with Gasteiger partial charge in [-0.1, -0.05) is 39.0 Å². The van der Waals surface area contributed by atoms with Gasteiger partial charge in [0.05, 0.1) is 30.7 Å². The Hall–Kier alpha value is -0.934. The number of esters is 1. The Morgan fingerprint density at radius 3 is 2.55 bits per heavy atom. The molecule has 174 valence electrons. The number of aliphatic hydroxyl groups is 3. The van der Waals surface area contributed by atoms with Crippen molar-refractivity contribution in [1.82, 2.24) is 0 Å². The molecule has 8 heteroatoms. The van der Waals surface area contributed by atoms with E-state index in [1.54, 1.807) is 0 Å². The van der Waals surface area contributed by atoms with Gasteiger partial charge in [0, 0.05) is 12.3 Å². The Kier molecular flexibility index (Phi) is 11.7. The van der Waals surface area contributed by atoms with Gasteiger partial charge in [0.15, 0.2) is 0 Å². The average Bonchev–Trinajstić information content (AvgIpc) is 2.65. The van der Waals surface area contributed by atoms with Crippen LogP contribution in [-0.2, 0) is 14.3 Å². The number of aliphatic hydroxyl groups excluding tert-OH is 3. The first-order chi connectivity index (χ1) is 14.1. The highest BCUT2D eigenvalue weighted by Crippen LogP contribution is 2.44. The van der Waals surface area contributed by atoms with Crippen LogP contribution in [0.15, 0.2) is 23.8 Å². The predicted molar refractivity (Wildman–Crippen MR) is 120 cm³/mol. The summed E-state index contributed by atoms with van der Waals surface area (Å²) >= 11 is 0. The largest absolute Gasteiger partial charge is 0.481 e. The lowest BCUT2D eigenvalue weighted by Crippen LogP contribution is -2.43. The third-order valence-corrected chi connectivity index (χ3v) is 6.44. The maximum atomic E-state index is 12.4. The van der Waals surface area contributed by atoms with Crippen LogP contribution in [0, 0.1) is 23.7 Å². The standard InChI is InChI=1S/C23H36O7.Mg.2H/c1-4-13(2)23(29)30-20-11-17(25)9-15-6-5-14(3)19(22(15)20)8-7-16(24)10-18(26)12-21(27)28;;;/h5-6,9,13-14,16-20,22,24-26H,4,7-8,10-12H2,1-3H3,(H,27,28);;;/t13-,14-,16+,17+,18?,19-,20-,22-;;;/m0.../s1. The van der Waals surface area contributed by atoms with Gasteiger partial charge in [-0.25, -0.2) is 0 Å². The van der Waals surface area contributed by atoms with Crippen molar-refractivity contribution < 1.29 is 34.8 Å². The first-order valence-corrected chi connectivity index (χ1v) is 11.0. The first kappa shape index (κ1) is 28.1. The van der Waals surface area contributed by atoms with Crippen LogP contribution in [-0.4, -0.2) is 79.8 Å². The van der Waals surface area contributed by atoms with E-state index in [2.05, 4.69) is 13.0 Å². The van der Waals surface area contributed by atoms with E-state index in [1.165, 1.54) is 0 Å². The van der Waals surface area contributed by atoms with Gasteiger partial charge >= 0.3 is 35.0 Å². The van der Waals surface area contributed by atoms with Crippen LogP contribution in [0.3, 0.4) is 0 Å². The number of allylic oxidation sites excluding steroid dienone is 2. The van der Waals surface area contributed by atoms with Crippen molar-refractivity contribution in [3.63, 3.8) is 0 Å². The molecule has 0 saturated heterocycles. The van der Waals surface area contributed by atoms with Crippen LogP contribution in [0.2, 0.25) is 0 Å². The van der Waals surface area contributed by atoms with Gasteiger partial charge in [-0.3, -0.25) is 9.59 Å². The van der Waals surface area contributed by atoms with Crippen LogP contribution < -0.4 is 0 Å². The molecule has 0 spiro atoms. The lowest BCUT2D eigenvalue weighted by Gasteiger charge is -2.43. The Morgan fingerprint density at radius 2 is 1.94 bits per heavy atom. The van der Waals surface area contributed by atoms with Crippen LogP contribution in [0.5, 0.6) is 0 Å². The van der Waals surface area contributed by atoms with Gasteiger partial charge in [-0.2, -0.15) is 0 Å². The number of carbonyl (C=O) groups excluding carboxylic acids is 1. The number of carboxylic acids is 1. The monoisotopic (exact) mass is 450 g/mol. The predicted octanol–water partition coefficient (Wildman–Crippen LogP) is 1.52. The Bertz CT molecular complexity index is 662. The number of carbonyl (C=O) groups is 2. The minimum Gasteiger partial charge on any atom is -0.481 e. The molecule has 0 bridgehead atoms. The third-order valence-electron chi connectivity index (χ3n) is 6.44. The summed E-state index contributed by atoms with van der Waals surface area (Å²) in [6, 6.07) is 0. The van der Waals surface area contributed by atoms with E-state index in [4.69, 9.17) is 9.84 Å². The Labute approximate surface area is 200 Å². The zero-order valence-electron chi connectivity index (χ0n) is 18.1. The molecule has 0 aromatic carbocycles. The highest BCUT2D eigenvalue weighted by atomic mass is 24.3. The lowest BCUT2D eigenvalue weighted by atomic mass is 9.66. The fraction of sp³-hybridized carbons (Fsp3) is 0.739. The lowest BCUT2D eigenvalue weighted by molar-refractivity contribution is -0.159. The Balaban J connectivity index is 0.00000480. The van der Waals surface area contributed by atoms with Crippen molar-refractivity contribution in [1.29, 1.82) is 0 Å². The van der Waals surface area contributed by atoms with Gasteiger partial charge < -0.3 is 25.2 Å². The highest BCUT2D eigenvalue weighted by Gasteiger charge is 2.42. The maximum Gasteiger partial charge on any atom is 0.316 e. The molecule has 0 radical (unpaired) electrons. The molecular formula is C23H38MgO7. The molecule has 8 atom stereocenters. The van der Waals surface area contributed by atoms with Gasteiger partial charge in [0.25, 0.3) is 0 Å². The van der Waals surface area contributed by atoms with Crippen molar-refractivity contribution in [2.45, 2.75) is 83.7 Å². The molecule has 0 saturated carbocycles. The molecule has 7 nitrogen and oxygen atoms in total. The van der Waals surface area contributed by atoms with E-state index in [0.717, 1.165) is 5.57 Å². The third kappa shape index (κ3) is 8.17. The van der Waals surface area contributed by atoms with Crippen molar-refractivity contribution in [3.05, 3.63) is 23.8 Å². The second kappa shape index (κ2) is 12.9. The van der Waals surface area contributed by atoms with Crippen LogP contribution in [0.4, 0.5) is 0 Å². The summed E-state index contributed by atoms with van der Waals surface area (Å²) < 4.78 is 5.84. The molecule has 0 aromatic heterocycles. The molecule has 2 rings (SSSR count). The van der Waals surface area contributed by atoms with Crippen molar-refractivity contribution >= 4 is 35.0 Å². The summed E-state index contributed by atoms with van der Waals surface area (Å²) in [6.07, 6.45) is 4.64. The van der Waals surface area contributed by atoms with Crippen molar-refractivity contribution in [2.75, 3.05) is 0 Å². The number of carboxylic acid groups (broad SMARTS) is 1. The normalized spacial score (nSPS) is 30.3. The number of fused-ring (bicyclic) bond motifs is 1. The molecular weight excluding hydrogens is 413 g/mol. The molecule has 1 unspecified atom stereocenters. The fourth-order valence-corrected chi connectivity index (χ4v) is 4.52. The minimum atomic E-state index is -1.10. The molecule has 2 aliphatic carbocycles. The molecule has 4 N–H and O–H groups in total. The fourth-order valence-electron chi connectivity index (χ4n) is 4.52. The average molecular weight is 451 g/mol. The summed E-state index contributed by atoms with van der Waals surface area (Å²) in [6.45, 7) is 5.85. The van der Waals surface area contributed by atoms with Crippen LogP contribution in [0.1, 0.15) is 59.3 Å². The van der Waals surface area contributed by atoms with Crippen molar-refractivity contribution in [3.8, 4) is 0 Å². The number of ether oxygens (including phenoxy) is 1. The summed E-state index contributed by atoms with van der Waals surface area (Å²) in [5.74, 6) is -1.31. The van der Waals surface area contributed by atoms with Crippen LogP contribution >= 0.6 is 0 Å². The SMILES string of the molecule is CC[C@H](C)C(=O)O[C@H]1C[C@H](O)C=C2C=C[C@H](C)[C@H](CC[C@@H](O)CC(O)CC(=O)O)[C@H]21.[MgH2]. The summed E-state index contributed by atoms with van der Waals surface area (Å²) in [5.41, 5.74) is 0.958. The highest BCUT2D eigenvalue weighted by molar-refractivity contribution is 5.75. The van der Waals surface area contributed by atoms with E-state index in [-0.39, 0.29) is 65.5 Å². The quantitative estimate of drug-likeness (QED) is 0.294. The zero-order chi connectivity index (χ0) is 22.4. The maximum absolute atomic E-state index is 12.4. The summed E-state index contributed by atoms with van der Waals surface area (Å²) in [7, 11) is 0. The number of hydrogen-bond acceptors (Lipinski definition) is 6. The molecule has 2 aliphatic rings. The van der Waals surface area contributed by atoms with E-state index >= 15 is 0 Å². The van der Waals surface area contributed by atoms with E-state index in [1.807, 2.05) is 26.0 Å². The number of hydrogen-bond donors (Lipinski definition) is 4. The van der Waals surface area contributed by atoms with E-state index < -0.39 is 30.4 Å². The van der Waals surface area contributed by atoms with Gasteiger partial charge in [0.1, 0.15) is 6.10 Å². The molecule has 0 aromatic rings. The molecule has 0 aliphatic heterocycles. The number of aliphatic carboxylic acids is 1.